The van der Waals surface area contributed by atoms with E-state index in [1.54, 1.807) is 18.3 Å². The highest BCUT2D eigenvalue weighted by molar-refractivity contribution is 7.22. The SMILES string of the molecule is CC1=CC(=O)N(Nc2nc(-c3cccs3)nc3sc(-c4ccc(OCCN(C)CCN)cc4)c(C)c23)C1=O.Cl. The van der Waals surface area contributed by atoms with E-state index in [1.165, 1.54) is 17.4 Å². The van der Waals surface area contributed by atoms with Gasteiger partial charge in [-0.2, -0.15) is 5.01 Å². The molecule has 3 N–H and O–H groups in total. The Morgan fingerprint density at radius 3 is 2.51 bits per heavy atom. The van der Waals surface area contributed by atoms with Gasteiger partial charge in [0.15, 0.2) is 11.6 Å². The van der Waals surface area contributed by atoms with Crippen molar-refractivity contribution in [1.29, 1.82) is 0 Å². The lowest BCUT2D eigenvalue weighted by atomic mass is 10.1. The van der Waals surface area contributed by atoms with Crippen LogP contribution in [0.15, 0.2) is 53.4 Å². The highest BCUT2D eigenvalue weighted by Gasteiger charge is 2.30. The maximum Gasteiger partial charge on any atom is 0.275 e. The first-order chi connectivity index (χ1) is 18.4. The number of nitrogens with one attached hydrogen (secondary N) is 1. The third-order valence-corrected chi connectivity index (χ3v) is 8.32. The monoisotopic (exact) mass is 584 g/mol. The summed E-state index contributed by atoms with van der Waals surface area (Å²) >= 11 is 3.08. The maximum atomic E-state index is 12.6. The summed E-state index contributed by atoms with van der Waals surface area (Å²) in [5.41, 5.74) is 10.9. The average Bonchev–Trinajstić information content (AvgIpc) is 3.61. The van der Waals surface area contributed by atoms with Gasteiger partial charge in [0.05, 0.1) is 10.3 Å². The van der Waals surface area contributed by atoms with Crippen LogP contribution in [0.5, 0.6) is 5.75 Å². The molecule has 0 saturated heterocycles. The van der Waals surface area contributed by atoms with E-state index in [9.17, 15) is 9.59 Å². The van der Waals surface area contributed by atoms with Crippen molar-refractivity contribution < 1.29 is 14.3 Å². The zero-order valence-electron chi connectivity index (χ0n) is 21.8. The van der Waals surface area contributed by atoms with Crippen molar-refractivity contribution in [3.8, 4) is 26.9 Å². The molecule has 5 rings (SSSR count). The molecular weight excluding hydrogens is 556 g/mol. The number of benzene rings is 1. The van der Waals surface area contributed by atoms with Crippen molar-refractivity contribution in [2.75, 3.05) is 38.7 Å². The van der Waals surface area contributed by atoms with Crippen LogP contribution in [-0.4, -0.2) is 65.0 Å². The number of fused-ring (bicyclic) bond motifs is 1. The second kappa shape index (κ2) is 12.2. The van der Waals surface area contributed by atoms with Gasteiger partial charge in [-0.1, -0.05) is 6.07 Å². The predicted molar refractivity (Wildman–Crippen MR) is 159 cm³/mol. The first kappa shape index (κ1) is 28.7. The lowest BCUT2D eigenvalue weighted by molar-refractivity contribution is -0.135. The van der Waals surface area contributed by atoms with E-state index in [0.717, 1.165) is 54.9 Å². The number of aromatic nitrogens is 2. The van der Waals surface area contributed by atoms with Crippen LogP contribution < -0.4 is 15.9 Å². The third kappa shape index (κ3) is 5.97. The number of hydrogen-bond acceptors (Lipinski definition) is 10. The molecule has 1 aliphatic rings. The van der Waals surface area contributed by atoms with E-state index >= 15 is 0 Å². The van der Waals surface area contributed by atoms with Gasteiger partial charge >= 0.3 is 0 Å². The lowest BCUT2D eigenvalue weighted by Gasteiger charge is -2.17. The second-order valence-corrected chi connectivity index (χ2v) is 10.9. The van der Waals surface area contributed by atoms with Gasteiger partial charge in [-0.15, -0.1) is 35.1 Å². The number of anilines is 1. The minimum absolute atomic E-state index is 0. The molecule has 0 atom stereocenters. The molecule has 1 aromatic carbocycles. The maximum absolute atomic E-state index is 12.6. The lowest BCUT2D eigenvalue weighted by Crippen LogP contribution is -2.36. The number of nitrogens with zero attached hydrogens (tertiary/aromatic N) is 4. The van der Waals surface area contributed by atoms with Crippen LogP contribution in [0.25, 0.3) is 31.4 Å². The van der Waals surface area contributed by atoms with E-state index in [4.69, 9.17) is 20.4 Å². The largest absolute Gasteiger partial charge is 0.492 e. The number of likely N-dealkylation sites (N-methyl/N-ethyl adjacent to an activating group) is 1. The fourth-order valence-corrected chi connectivity index (χ4v) is 6.01. The van der Waals surface area contributed by atoms with Gasteiger partial charge in [0, 0.05) is 36.2 Å². The molecule has 0 radical (unpaired) electrons. The number of thiophene rings is 2. The zero-order chi connectivity index (χ0) is 26.8. The first-order valence-electron chi connectivity index (χ1n) is 12.2. The summed E-state index contributed by atoms with van der Waals surface area (Å²) in [6.07, 6.45) is 1.32. The summed E-state index contributed by atoms with van der Waals surface area (Å²) in [4.78, 5) is 39.4. The molecule has 12 heteroatoms. The number of carbonyl (C=O) groups excluding carboxylic acids is 2. The number of carbonyl (C=O) groups is 2. The summed E-state index contributed by atoms with van der Waals surface area (Å²) in [5, 5.41) is 3.74. The van der Waals surface area contributed by atoms with Crippen LogP contribution in [0.4, 0.5) is 5.82 Å². The number of amides is 2. The van der Waals surface area contributed by atoms with Gasteiger partial charge in [0.2, 0.25) is 0 Å². The average molecular weight is 585 g/mol. The molecule has 0 aliphatic carbocycles. The van der Waals surface area contributed by atoms with Crippen LogP contribution in [0.3, 0.4) is 0 Å². The number of ether oxygens (including phenoxy) is 1. The first-order valence-corrected chi connectivity index (χ1v) is 13.9. The van der Waals surface area contributed by atoms with E-state index in [0.29, 0.717) is 30.4 Å². The van der Waals surface area contributed by atoms with Gasteiger partial charge in [-0.3, -0.25) is 15.0 Å². The number of rotatable bonds is 10. The third-order valence-electron chi connectivity index (χ3n) is 6.22. The molecule has 0 bridgehead atoms. The highest BCUT2D eigenvalue weighted by atomic mass is 35.5. The van der Waals surface area contributed by atoms with Crippen LogP contribution >= 0.6 is 35.1 Å². The Balaban J connectivity index is 0.00000353. The minimum atomic E-state index is -0.421. The van der Waals surface area contributed by atoms with E-state index < -0.39 is 11.8 Å². The Bertz CT molecular complexity index is 1520. The number of hydrogen-bond donors (Lipinski definition) is 2. The topological polar surface area (TPSA) is 114 Å². The standard InChI is InChI=1S/C27H28N6O3S2.ClH/c1-16-15-21(34)33(27(16)35)31-25-22-17(2)23(38-26(22)30-24(29-25)20-5-4-14-37-20)18-6-8-19(9-7-18)36-13-12-32(3)11-10-28;/h4-9,14-15H,10-13,28H2,1-3H3,(H,29,30,31);1H. The van der Waals surface area contributed by atoms with E-state index in [2.05, 4.69) is 10.3 Å². The van der Waals surface area contributed by atoms with Crippen LogP contribution in [-0.2, 0) is 9.59 Å². The summed E-state index contributed by atoms with van der Waals surface area (Å²) in [7, 11) is 2.02. The van der Waals surface area contributed by atoms with Crippen molar-refractivity contribution in [2.45, 2.75) is 13.8 Å². The Morgan fingerprint density at radius 2 is 1.87 bits per heavy atom. The Kier molecular flexibility index (Phi) is 8.98. The molecule has 0 fully saturated rings. The molecule has 0 saturated carbocycles. The van der Waals surface area contributed by atoms with Gasteiger partial charge in [0.25, 0.3) is 11.8 Å². The molecular formula is C27H29ClN6O3S2. The summed E-state index contributed by atoms with van der Waals surface area (Å²) in [6, 6.07) is 11.9. The number of nitrogens with two attached hydrogens (primary N) is 1. The zero-order valence-corrected chi connectivity index (χ0v) is 24.2. The Hall–Kier alpha value is -3.35. The van der Waals surface area contributed by atoms with Gasteiger partial charge in [-0.25, -0.2) is 9.97 Å². The fraction of sp³-hybridized carbons (Fsp3) is 0.259. The van der Waals surface area contributed by atoms with Crippen molar-refractivity contribution >= 4 is 62.9 Å². The quantitative estimate of drug-likeness (QED) is 0.257. The van der Waals surface area contributed by atoms with Crippen molar-refractivity contribution in [3.63, 3.8) is 0 Å². The number of imide groups is 1. The van der Waals surface area contributed by atoms with Crippen molar-refractivity contribution in [1.82, 2.24) is 19.9 Å². The summed E-state index contributed by atoms with van der Waals surface area (Å²) < 4.78 is 5.90. The molecule has 9 nitrogen and oxygen atoms in total. The molecule has 204 valence electrons. The molecule has 3 aromatic heterocycles. The fourth-order valence-electron chi connectivity index (χ4n) is 4.16. The van der Waals surface area contributed by atoms with Gasteiger partial charge in [0.1, 0.15) is 17.2 Å². The predicted octanol–water partition coefficient (Wildman–Crippen LogP) is 4.73. The smallest absolute Gasteiger partial charge is 0.275 e. The van der Waals surface area contributed by atoms with Gasteiger partial charge < -0.3 is 15.4 Å². The summed E-state index contributed by atoms with van der Waals surface area (Å²) in [5.74, 6) is 0.941. The Morgan fingerprint density at radius 1 is 1.10 bits per heavy atom. The van der Waals surface area contributed by atoms with E-state index in [-0.39, 0.29) is 12.4 Å². The second-order valence-electron chi connectivity index (χ2n) is 8.99. The van der Waals surface area contributed by atoms with Crippen LogP contribution in [0.2, 0.25) is 0 Å². The van der Waals surface area contributed by atoms with Crippen molar-refractivity contribution in [2.24, 2.45) is 5.73 Å². The number of aryl methyl sites for hydroxylation is 1. The van der Waals surface area contributed by atoms with Crippen LogP contribution in [0.1, 0.15) is 12.5 Å². The molecule has 39 heavy (non-hydrogen) atoms. The molecule has 1 aliphatic heterocycles. The Labute approximate surface area is 240 Å². The highest BCUT2D eigenvalue weighted by Crippen LogP contribution is 2.42. The number of halogens is 1. The molecule has 0 spiro atoms. The van der Waals surface area contributed by atoms with Crippen molar-refractivity contribution in [3.05, 3.63) is 59.0 Å². The normalized spacial score (nSPS) is 13.3. The van der Waals surface area contributed by atoms with E-state index in [1.807, 2.05) is 55.7 Å². The minimum Gasteiger partial charge on any atom is -0.492 e. The molecule has 2 amide bonds. The van der Waals surface area contributed by atoms with Crippen LogP contribution in [0, 0.1) is 6.92 Å². The summed E-state index contributed by atoms with van der Waals surface area (Å²) in [6.45, 7) is 6.45. The molecule has 4 aromatic rings. The van der Waals surface area contributed by atoms with Gasteiger partial charge in [-0.05, 0) is 67.7 Å². The molecule has 0 unspecified atom stereocenters. The molecule has 4 heterocycles. The number of hydrazine groups is 1.